The van der Waals surface area contributed by atoms with Gasteiger partial charge < -0.3 is 31.2 Å². The summed E-state index contributed by atoms with van der Waals surface area (Å²) >= 11 is 0. The third kappa shape index (κ3) is 10.8. The van der Waals surface area contributed by atoms with E-state index in [2.05, 4.69) is 21.1 Å². The lowest BCUT2D eigenvalue weighted by atomic mass is 10.0. The minimum absolute atomic E-state index is 0.0414. The van der Waals surface area contributed by atoms with Gasteiger partial charge in [-0.25, -0.2) is 19.7 Å². The number of nitrogens with two attached hydrogens (primary N) is 1. The number of amides is 2. The van der Waals surface area contributed by atoms with Crippen LogP contribution in [0.4, 0.5) is 4.79 Å². The number of carbonyl (C=O) groups excluding carboxylic acids is 3. The highest BCUT2D eigenvalue weighted by Gasteiger charge is 2.29. The molecule has 0 aliphatic heterocycles. The van der Waals surface area contributed by atoms with Crippen molar-refractivity contribution in [1.29, 1.82) is 0 Å². The molecule has 0 saturated carbocycles. The molecule has 13 nitrogen and oxygen atoms in total. The van der Waals surface area contributed by atoms with E-state index in [9.17, 15) is 24.5 Å². The molecule has 0 radical (unpaired) electrons. The van der Waals surface area contributed by atoms with Crippen molar-refractivity contribution in [2.45, 2.75) is 45.4 Å². The summed E-state index contributed by atoms with van der Waals surface area (Å²) in [7, 11) is 1.18. The molecule has 1 aromatic rings. The fourth-order valence-electron chi connectivity index (χ4n) is 2.73. The van der Waals surface area contributed by atoms with Crippen LogP contribution in [0.5, 0.6) is 0 Å². The lowest BCUT2D eigenvalue weighted by Gasteiger charge is -2.24. The molecule has 1 rings (SSSR count). The van der Waals surface area contributed by atoms with Crippen LogP contribution in [0.3, 0.4) is 0 Å². The van der Waals surface area contributed by atoms with Crippen molar-refractivity contribution >= 4 is 23.9 Å². The molecule has 0 bridgehead atoms. The van der Waals surface area contributed by atoms with Gasteiger partial charge in [-0.3, -0.25) is 4.79 Å². The minimum Gasteiger partial charge on any atom is -0.467 e. The Bertz CT molecular complexity index is 831. The molecule has 0 aliphatic rings. The van der Waals surface area contributed by atoms with Gasteiger partial charge in [0.15, 0.2) is 5.03 Å². The average molecular weight is 466 g/mol. The molecule has 0 heterocycles. The van der Waals surface area contributed by atoms with Crippen LogP contribution in [-0.4, -0.2) is 54.7 Å². The van der Waals surface area contributed by atoms with Crippen LogP contribution in [0.2, 0.25) is 0 Å². The van der Waals surface area contributed by atoms with Crippen molar-refractivity contribution in [2.24, 2.45) is 16.8 Å². The molecular weight excluding hydrogens is 436 g/mol. The zero-order valence-corrected chi connectivity index (χ0v) is 18.8. The number of nitro groups is 1. The Kier molecular flexibility index (Phi) is 11.7. The van der Waals surface area contributed by atoms with Gasteiger partial charge in [-0.05, 0) is 24.3 Å². The number of benzene rings is 1. The highest BCUT2D eigenvalue weighted by atomic mass is 16.7. The number of alkyl carbamates (subject to hydrolysis) is 1. The van der Waals surface area contributed by atoms with Gasteiger partial charge in [-0.1, -0.05) is 44.2 Å². The van der Waals surface area contributed by atoms with E-state index >= 15 is 0 Å². The number of hydrogen-bond acceptors (Lipinski definition) is 7. The van der Waals surface area contributed by atoms with Crippen molar-refractivity contribution < 1.29 is 28.9 Å². The third-order valence-corrected chi connectivity index (χ3v) is 4.40. The quantitative estimate of drug-likeness (QED) is 0.0848. The van der Waals surface area contributed by atoms with Crippen LogP contribution in [-0.2, 0) is 25.7 Å². The Morgan fingerprint density at radius 3 is 2.42 bits per heavy atom. The first-order valence-electron chi connectivity index (χ1n) is 10.2. The SMILES string of the molecule is COC(=O)[C@H](CCCN/C(N)=N\[N+](=O)[O-])NC(=O)[C@H](NC(=O)OCc1ccccc1)C(C)C. The topological polar surface area (TPSA) is 187 Å². The van der Waals surface area contributed by atoms with Crippen LogP contribution in [0, 0.1) is 16.0 Å². The predicted molar refractivity (Wildman–Crippen MR) is 118 cm³/mol. The Hall–Kier alpha value is -3.90. The van der Waals surface area contributed by atoms with Crippen molar-refractivity contribution in [2.75, 3.05) is 13.7 Å². The van der Waals surface area contributed by atoms with Crippen LogP contribution >= 0.6 is 0 Å². The highest BCUT2D eigenvalue weighted by Crippen LogP contribution is 2.07. The number of hydrazone groups is 1. The maximum Gasteiger partial charge on any atom is 0.408 e. The normalized spacial score (nSPS) is 12.9. The van der Waals surface area contributed by atoms with Crippen molar-refractivity contribution in [3.63, 3.8) is 0 Å². The minimum atomic E-state index is -0.999. The smallest absolute Gasteiger partial charge is 0.408 e. The third-order valence-electron chi connectivity index (χ3n) is 4.40. The number of rotatable bonds is 12. The summed E-state index contributed by atoms with van der Waals surface area (Å²) in [4.78, 5) is 47.3. The maximum atomic E-state index is 12.8. The zero-order valence-electron chi connectivity index (χ0n) is 18.8. The number of methoxy groups -OCH3 is 1. The molecule has 0 spiro atoms. The first kappa shape index (κ1) is 27.1. The highest BCUT2D eigenvalue weighted by molar-refractivity contribution is 5.89. The molecule has 1 aromatic carbocycles. The van der Waals surface area contributed by atoms with Gasteiger partial charge in [-0.15, -0.1) is 0 Å². The molecular formula is C20H30N6O7. The summed E-state index contributed by atoms with van der Waals surface area (Å²) in [6.07, 6.45) is -0.306. The average Bonchev–Trinajstić information content (AvgIpc) is 2.77. The first-order chi connectivity index (χ1) is 15.6. The van der Waals surface area contributed by atoms with E-state index in [1.165, 1.54) is 7.11 Å². The second-order valence-corrected chi connectivity index (χ2v) is 7.30. The summed E-state index contributed by atoms with van der Waals surface area (Å²) in [5, 5.41) is 19.8. The molecule has 182 valence electrons. The summed E-state index contributed by atoms with van der Waals surface area (Å²) in [6, 6.07) is 7.10. The van der Waals surface area contributed by atoms with E-state index in [0.717, 1.165) is 5.56 Å². The predicted octanol–water partition coefficient (Wildman–Crippen LogP) is 0.471. The van der Waals surface area contributed by atoms with Gasteiger partial charge in [0.1, 0.15) is 23.8 Å². The lowest BCUT2D eigenvalue weighted by Crippen LogP contribution is -2.54. The number of nitrogens with one attached hydrogen (secondary N) is 3. The maximum absolute atomic E-state index is 12.8. The van der Waals surface area contributed by atoms with Crippen molar-refractivity contribution in [1.82, 2.24) is 16.0 Å². The van der Waals surface area contributed by atoms with Gasteiger partial charge in [0.25, 0.3) is 5.96 Å². The Morgan fingerprint density at radius 1 is 1.18 bits per heavy atom. The molecule has 33 heavy (non-hydrogen) atoms. The Balaban J connectivity index is 2.64. The number of hydrogen-bond donors (Lipinski definition) is 4. The van der Waals surface area contributed by atoms with Gasteiger partial charge in [0.2, 0.25) is 5.91 Å². The standard InChI is InChI=1S/C20H30N6O7/c1-13(2)16(24-20(29)33-12-14-8-5-4-6-9-14)17(27)23-15(18(28)32-3)10-7-11-22-19(21)25-26(30)31/h4-6,8-9,13,15-16H,7,10-12H2,1-3H3,(H,23,27)(H,24,29)(H3,21,22,25)/t15-,16+/m0/s1. The number of guanidine groups is 1. The van der Waals surface area contributed by atoms with Gasteiger partial charge in [0.05, 0.1) is 7.11 Å². The molecule has 0 fully saturated rings. The second kappa shape index (κ2) is 14.2. The number of ether oxygens (including phenoxy) is 2. The van der Waals surface area contributed by atoms with Crippen LogP contribution in [0.15, 0.2) is 35.4 Å². The van der Waals surface area contributed by atoms with E-state index in [1.807, 2.05) is 18.2 Å². The van der Waals surface area contributed by atoms with E-state index < -0.39 is 35.1 Å². The number of carbonyl (C=O) groups is 3. The van der Waals surface area contributed by atoms with Gasteiger partial charge in [-0.2, -0.15) is 0 Å². The molecule has 0 saturated heterocycles. The van der Waals surface area contributed by atoms with Crippen LogP contribution in [0.1, 0.15) is 32.3 Å². The van der Waals surface area contributed by atoms with Gasteiger partial charge >= 0.3 is 12.1 Å². The molecule has 13 heteroatoms. The molecule has 0 aliphatic carbocycles. The summed E-state index contributed by atoms with van der Waals surface area (Å²) < 4.78 is 9.89. The van der Waals surface area contributed by atoms with E-state index in [0.29, 0.717) is 6.42 Å². The summed E-state index contributed by atoms with van der Waals surface area (Å²) in [5.41, 5.74) is 6.12. The van der Waals surface area contributed by atoms with E-state index in [4.69, 9.17) is 15.2 Å². The lowest BCUT2D eigenvalue weighted by molar-refractivity contribution is -0.485. The Labute approximate surface area is 191 Å². The summed E-state index contributed by atoms with van der Waals surface area (Å²) in [5.74, 6) is -1.94. The molecule has 2 atom stereocenters. The number of esters is 1. The number of nitrogens with zero attached hydrogens (tertiary/aromatic N) is 2. The monoisotopic (exact) mass is 466 g/mol. The van der Waals surface area contributed by atoms with Crippen LogP contribution < -0.4 is 21.7 Å². The fraction of sp³-hybridized carbons (Fsp3) is 0.500. The van der Waals surface area contributed by atoms with E-state index in [-0.39, 0.29) is 31.4 Å². The molecule has 0 aromatic heterocycles. The first-order valence-corrected chi connectivity index (χ1v) is 10.2. The molecule has 5 N–H and O–H groups in total. The molecule has 0 unspecified atom stereocenters. The fourth-order valence-corrected chi connectivity index (χ4v) is 2.73. The van der Waals surface area contributed by atoms with Gasteiger partial charge in [0, 0.05) is 6.54 Å². The van der Waals surface area contributed by atoms with E-state index in [1.54, 1.807) is 26.0 Å². The second-order valence-electron chi connectivity index (χ2n) is 7.30. The van der Waals surface area contributed by atoms with Crippen molar-refractivity contribution in [3.05, 3.63) is 46.0 Å². The molecule has 2 amide bonds. The van der Waals surface area contributed by atoms with Crippen LogP contribution in [0.25, 0.3) is 0 Å². The summed E-state index contributed by atoms with van der Waals surface area (Å²) in [6.45, 7) is 3.68. The Morgan fingerprint density at radius 2 is 1.85 bits per heavy atom. The van der Waals surface area contributed by atoms with Crippen molar-refractivity contribution in [3.8, 4) is 0 Å². The largest absolute Gasteiger partial charge is 0.467 e. The zero-order chi connectivity index (χ0) is 24.8.